The fourth-order valence-corrected chi connectivity index (χ4v) is 1.80. The molecule has 1 unspecified atom stereocenters. The van der Waals surface area contributed by atoms with Gasteiger partial charge in [-0.2, -0.15) is 0 Å². The Bertz CT molecular complexity index is 258. The lowest BCUT2D eigenvalue weighted by atomic mass is 9.92. The van der Waals surface area contributed by atoms with E-state index < -0.39 is 12.1 Å². The van der Waals surface area contributed by atoms with Crippen LogP contribution in [0.4, 0.5) is 0 Å². The lowest BCUT2D eigenvalue weighted by molar-refractivity contribution is -0.148. The number of rotatable bonds is 2. The molecule has 0 radical (unpaired) electrons. The molecule has 1 fully saturated rings. The molecule has 14 heavy (non-hydrogen) atoms. The number of carbonyl (C=O) groups is 1. The molecule has 0 aromatic carbocycles. The van der Waals surface area contributed by atoms with Crippen molar-refractivity contribution in [2.24, 2.45) is 11.1 Å². The molecule has 2 rings (SSSR count). The second-order valence-corrected chi connectivity index (χ2v) is 3.61. The fraction of sp³-hybridized carbons (Fsp3) is 0.778. The van der Waals surface area contributed by atoms with Crippen LogP contribution in [0.3, 0.4) is 0 Å². The molecule has 1 atom stereocenters. The highest BCUT2D eigenvalue weighted by atomic mass is 16.7. The first-order chi connectivity index (χ1) is 6.77. The van der Waals surface area contributed by atoms with E-state index in [9.17, 15) is 4.79 Å². The van der Waals surface area contributed by atoms with Crippen LogP contribution in [0.2, 0.25) is 0 Å². The van der Waals surface area contributed by atoms with Crippen molar-refractivity contribution in [3.8, 4) is 0 Å². The van der Waals surface area contributed by atoms with Crippen LogP contribution in [0.15, 0.2) is 5.16 Å². The number of ether oxygens (including phenoxy) is 1. The first-order valence-corrected chi connectivity index (χ1v) is 4.80. The lowest BCUT2D eigenvalue weighted by Crippen LogP contribution is -2.25. The van der Waals surface area contributed by atoms with Gasteiger partial charge in [-0.05, 0) is 12.8 Å². The van der Waals surface area contributed by atoms with Crippen LogP contribution in [0, 0.1) is 5.92 Å². The van der Waals surface area contributed by atoms with Gasteiger partial charge in [-0.3, -0.25) is 0 Å². The summed E-state index contributed by atoms with van der Waals surface area (Å²) in [5.74, 6) is -0.580. The van der Waals surface area contributed by atoms with E-state index in [1.54, 1.807) is 0 Å². The summed E-state index contributed by atoms with van der Waals surface area (Å²) < 4.78 is 5.22. The van der Waals surface area contributed by atoms with Crippen LogP contribution < -0.4 is 0 Å². The number of nitrogens with zero attached hydrogens (tertiary/aromatic N) is 1. The van der Waals surface area contributed by atoms with Crippen LogP contribution >= 0.6 is 0 Å². The minimum Gasteiger partial charge on any atom is -0.478 e. The van der Waals surface area contributed by atoms with Gasteiger partial charge in [0.15, 0.2) is 0 Å². The molecule has 5 nitrogen and oxygen atoms in total. The average molecular weight is 199 g/mol. The van der Waals surface area contributed by atoms with E-state index >= 15 is 0 Å². The van der Waals surface area contributed by atoms with Gasteiger partial charge in [0.2, 0.25) is 6.10 Å². The lowest BCUT2D eigenvalue weighted by Gasteiger charge is -2.20. The summed E-state index contributed by atoms with van der Waals surface area (Å²) >= 11 is 0. The van der Waals surface area contributed by atoms with Crippen molar-refractivity contribution in [1.29, 1.82) is 0 Å². The number of aliphatic carboxylic acids is 1. The maximum Gasteiger partial charge on any atom is 0.348 e. The maximum atomic E-state index is 10.6. The van der Waals surface area contributed by atoms with Crippen molar-refractivity contribution in [2.45, 2.75) is 25.4 Å². The highest BCUT2D eigenvalue weighted by molar-refractivity contribution is 5.92. The molecular weight excluding hydrogens is 186 g/mol. The van der Waals surface area contributed by atoms with Gasteiger partial charge in [0.25, 0.3) is 0 Å². The number of carboxylic acid groups (broad SMARTS) is 1. The van der Waals surface area contributed by atoms with Crippen molar-refractivity contribution < 1.29 is 19.5 Å². The van der Waals surface area contributed by atoms with Gasteiger partial charge < -0.3 is 14.7 Å². The second-order valence-electron chi connectivity index (χ2n) is 3.61. The van der Waals surface area contributed by atoms with Crippen LogP contribution in [-0.2, 0) is 14.4 Å². The molecule has 1 saturated heterocycles. The van der Waals surface area contributed by atoms with Crippen molar-refractivity contribution in [2.75, 3.05) is 13.2 Å². The highest BCUT2D eigenvalue weighted by Gasteiger charge is 2.32. The summed E-state index contributed by atoms with van der Waals surface area (Å²) in [6.45, 7) is 1.48. The van der Waals surface area contributed by atoms with Crippen molar-refractivity contribution in [3.63, 3.8) is 0 Å². The van der Waals surface area contributed by atoms with Gasteiger partial charge in [0, 0.05) is 25.6 Å². The third-order valence-electron chi connectivity index (χ3n) is 2.66. The highest BCUT2D eigenvalue weighted by Crippen LogP contribution is 2.23. The molecule has 1 N–H and O–H groups in total. The first kappa shape index (κ1) is 9.45. The molecule has 0 aliphatic carbocycles. The topological polar surface area (TPSA) is 68.1 Å². The third-order valence-corrected chi connectivity index (χ3v) is 2.66. The summed E-state index contributed by atoms with van der Waals surface area (Å²) in [6, 6.07) is 0. The zero-order valence-electron chi connectivity index (χ0n) is 7.81. The summed E-state index contributed by atoms with van der Waals surface area (Å²) in [4.78, 5) is 15.4. The minimum absolute atomic E-state index is 0.355. The van der Waals surface area contributed by atoms with E-state index in [2.05, 4.69) is 5.16 Å². The van der Waals surface area contributed by atoms with Gasteiger partial charge in [-0.1, -0.05) is 5.16 Å². The fourth-order valence-electron chi connectivity index (χ4n) is 1.80. The van der Waals surface area contributed by atoms with Gasteiger partial charge in [0.05, 0.1) is 5.71 Å². The molecule has 0 saturated carbocycles. The van der Waals surface area contributed by atoms with Crippen molar-refractivity contribution in [1.82, 2.24) is 0 Å². The zero-order valence-corrected chi connectivity index (χ0v) is 7.81. The Morgan fingerprint density at radius 1 is 1.43 bits per heavy atom. The Balaban J connectivity index is 1.90. The van der Waals surface area contributed by atoms with E-state index in [0.29, 0.717) is 12.3 Å². The molecule has 2 aliphatic heterocycles. The van der Waals surface area contributed by atoms with E-state index in [4.69, 9.17) is 14.7 Å². The van der Waals surface area contributed by atoms with Crippen LogP contribution in [0.5, 0.6) is 0 Å². The summed E-state index contributed by atoms with van der Waals surface area (Å²) in [7, 11) is 0. The predicted octanol–water partition coefficient (Wildman–Crippen LogP) is 0.643. The number of hydrogen-bond acceptors (Lipinski definition) is 4. The third kappa shape index (κ3) is 1.87. The number of oxime groups is 1. The average Bonchev–Trinajstić information content (AvgIpc) is 2.68. The normalized spacial score (nSPS) is 28.3. The van der Waals surface area contributed by atoms with Crippen molar-refractivity contribution in [3.05, 3.63) is 0 Å². The standard InChI is InChI=1S/C9H13NO4/c11-9(12)8-5-7(10-14-8)6-1-3-13-4-2-6/h6,8H,1-5H2,(H,11,12). The predicted molar refractivity (Wildman–Crippen MR) is 48.1 cm³/mol. The summed E-state index contributed by atoms with van der Waals surface area (Å²) in [6.07, 6.45) is 1.51. The molecule has 0 bridgehead atoms. The zero-order chi connectivity index (χ0) is 9.97. The second kappa shape index (κ2) is 3.96. The quantitative estimate of drug-likeness (QED) is 0.708. The largest absolute Gasteiger partial charge is 0.478 e. The molecule has 0 aromatic heterocycles. The molecule has 0 aromatic rings. The van der Waals surface area contributed by atoms with Crippen LogP contribution in [-0.4, -0.2) is 36.1 Å². The Labute approximate surface area is 81.7 Å². The van der Waals surface area contributed by atoms with E-state index in [-0.39, 0.29) is 0 Å². The van der Waals surface area contributed by atoms with E-state index in [1.165, 1.54) is 0 Å². The Morgan fingerprint density at radius 3 is 2.71 bits per heavy atom. The smallest absolute Gasteiger partial charge is 0.348 e. The summed E-state index contributed by atoms with van der Waals surface area (Å²) in [5.41, 5.74) is 0.890. The SMILES string of the molecule is O=C(O)C1CC(C2CCOCC2)=NO1. The minimum atomic E-state index is -0.934. The van der Waals surface area contributed by atoms with Crippen LogP contribution in [0.25, 0.3) is 0 Å². The molecule has 2 aliphatic rings. The number of hydrogen-bond donors (Lipinski definition) is 1. The molecular formula is C9H13NO4. The first-order valence-electron chi connectivity index (χ1n) is 4.80. The Morgan fingerprint density at radius 2 is 2.14 bits per heavy atom. The Kier molecular flexibility index (Phi) is 2.67. The number of carboxylic acids is 1. The van der Waals surface area contributed by atoms with Gasteiger partial charge in [-0.15, -0.1) is 0 Å². The maximum absolute atomic E-state index is 10.6. The molecule has 78 valence electrons. The van der Waals surface area contributed by atoms with Gasteiger partial charge in [-0.25, -0.2) is 4.79 Å². The molecule has 2 heterocycles. The molecule has 0 amide bonds. The Hall–Kier alpha value is -1.10. The van der Waals surface area contributed by atoms with Gasteiger partial charge >= 0.3 is 5.97 Å². The summed E-state index contributed by atoms with van der Waals surface area (Å²) in [5, 5.41) is 12.5. The molecule has 5 heteroatoms. The van der Waals surface area contributed by atoms with Crippen molar-refractivity contribution >= 4 is 11.7 Å². The monoisotopic (exact) mass is 199 g/mol. The molecule has 0 spiro atoms. The van der Waals surface area contributed by atoms with Crippen LogP contribution in [0.1, 0.15) is 19.3 Å². The van der Waals surface area contributed by atoms with E-state index in [1.807, 2.05) is 0 Å². The van der Waals surface area contributed by atoms with Gasteiger partial charge in [0.1, 0.15) is 0 Å². The van der Waals surface area contributed by atoms with E-state index in [0.717, 1.165) is 31.8 Å².